The predicted molar refractivity (Wildman–Crippen MR) is 85.9 cm³/mol. The summed E-state index contributed by atoms with van der Waals surface area (Å²) in [6, 6.07) is 0. The van der Waals surface area contributed by atoms with Crippen LogP contribution in [0.5, 0.6) is 0 Å². The molecule has 2 aliphatic rings. The van der Waals surface area contributed by atoms with E-state index in [1.165, 1.54) is 32.4 Å². The lowest BCUT2D eigenvalue weighted by Crippen LogP contribution is -2.44. The van der Waals surface area contributed by atoms with Crippen LogP contribution in [-0.4, -0.2) is 46.4 Å². The van der Waals surface area contributed by atoms with Gasteiger partial charge in [0.2, 0.25) is 5.91 Å². The van der Waals surface area contributed by atoms with E-state index < -0.39 is 0 Å². The molecule has 0 aromatic carbocycles. The minimum Gasteiger partial charge on any atom is -0.338 e. The van der Waals surface area contributed by atoms with Crippen LogP contribution < -0.4 is 0 Å². The van der Waals surface area contributed by atoms with Crippen molar-refractivity contribution in [1.82, 2.24) is 9.80 Å². The molecule has 0 N–H and O–H groups in total. The van der Waals surface area contributed by atoms with Gasteiger partial charge in [-0.1, -0.05) is 6.42 Å². The van der Waals surface area contributed by atoms with Crippen LogP contribution in [0.15, 0.2) is 0 Å². The van der Waals surface area contributed by atoms with Gasteiger partial charge in [-0.2, -0.15) is 0 Å². The fourth-order valence-electron chi connectivity index (χ4n) is 2.92. The van der Waals surface area contributed by atoms with E-state index in [2.05, 4.69) is 46.4 Å². The van der Waals surface area contributed by atoms with Gasteiger partial charge in [0.05, 0.1) is 0 Å². The third kappa shape index (κ3) is 5.43. The van der Waals surface area contributed by atoms with Crippen molar-refractivity contribution in [2.75, 3.05) is 19.6 Å². The zero-order chi connectivity index (χ0) is 15.4. The summed E-state index contributed by atoms with van der Waals surface area (Å²) in [5.74, 6) is 0.313. The van der Waals surface area contributed by atoms with Gasteiger partial charge in [0.15, 0.2) is 0 Å². The summed E-state index contributed by atoms with van der Waals surface area (Å²) < 4.78 is 0. The largest absolute Gasteiger partial charge is 0.338 e. The van der Waals surface area contributed by atoms with Crippen molar-refractivity contribution in [1.29, 1.82) is 0 Å². The summed E-state index contributed by atoms with van der Waals surface area (Å²) in [7, 11) is 0. The van der Waals surface area contributed by atoms with Crippen molar-refractivity contribution in [3.63, 3.8) is 0 Å². The van der Waals surface area contributed by atoms with Crippen molar-refractivity contribution in [2.45, 2.75) is 84.7 Å². The van der Waals surface area contributed by atoms with Crippen LogP contribution in [0.2, 0.25) is 0 Å². The van der Waals surface area contributed by atoms with Crippen molar-refractivity contribution < 1.29 is 4.79 Å². The summed E-state index contributed by atoms with van der Waals surface area (Å²) >= 11 is 0. The summed E-state index contributed by atoms with van der Waals surface area (Å²) in [5, 5.41) is 0. The molecule has 0 aromatic heterocycles. The van der Waals surface area contributed by atoms with Crippen LogP contribution in [-0.2, 0) is 4.79 Å². The summed E-state index contributed by atoms with van der Waals surface area (Å²) in [6.07, 6.45) is 6.02. The van der Waals surface area contributed by atoms with Gasteiger partial charge in [-0.15, -0.1) is 0 Å². The minimum atomic E-state index is 0.0353. The molecule has 2 rings (SSSR count). The van der Waals surface area contributed by atoms with Gasteiger partial charge < -0.3 is 4.90 Å². The zero-order valence-corrected chi connectivity index (χ0v) is 14.5. The molecule has 2 aliphatic heterocycles. The maximum absolute atomic E-state index is 11.1. The van der Waals surface area contributed by atoms with Crippen LogP contribution in [0, 0.1) is 0 Å². The number of carbonyl (C=O) groups is 1. The molecule has 0 unspecified atom stereocenters. The number of hydrogen-bond donors (Lipinski definition) is 0. The molecule has 2 fully saturated rings. The average Bonchev–Trinajstić information content (AvgIpc) is 2.76. The van der Waals surface area contributed by atoms with Crippen LogP contribution in [0.25, 0.3) is 0 Å². The molecule has 0 bridgehead atoms. The molecule has 0 radical (unpaired) electrons. The SMILES string of the molecule is CC(C)(C)N1CCCC1=O.CC(C)(C)N1CCCCC1. The molecule has 0 aliphatic carbocycles. The van der Waals surface area contributed by atoms with Gasteiger partial charge >= 0.3 is 0 Å². The quantitative estimate of drug-likeness (QED) is 0.676. The molecule has 118 valence electrons. The fourth-order valence-corrected chi connectivity index (χ4v) is 2.92. The molecule has 20 heavy (non-hydrogen) atoms. The smallest absolute Gasteiger partial charge is 0.223 e. The molecule has 1 amide bonds. The van der Waals surface area contributed by atoms with E-state index in [1.807, 2.05) is 4.90 Å². The molecule has 0 spiro atoms. The van der Waals surface area contributed by atoms with Crippen molar-refractivity contribution in [2.24, 2.45) is 0 Å². The average molecular weight is 282 g/mol. The number of hydrogen-bond acceptors (Lipinski definition) is 2. The molecule has 2 saturated heterocycles. The van der Waals surface area contributed by atoms with Crippen LogP contribution in [0.1, 0.15) is 73.6 Å². The maximum Gasteiger partial charge on any atom is 0.223 e. The Morgan fingerprint density at radius 3 is 1.55 bits per heavy atom. The third-order valence-electron chi connectivity index (χ3n) is 4.19. The first kappa shape index (κ1) is 17.5. The number of piperidine rings is 1. The van der Waals surface area contributed by atoms with Gasteiger partial charge in [-0.25, -0.2) is 0 Å². The van der Waals surface area contributed by atoms with Crippen LogP contribution >= 0.6 is 0 Å². The Hall–Kier alpha value is -0.570. The molecule has 3 nitrogen and oxygen atoms in total. The predicted octanol–water partition coefficient (Wildman–Crippen LogP) is 3.68. The second-order valence-corrected chi connectivity index (χ2v) is 8.04. The van der Waals surface area contributed by atoms with Gasteiger partial charge in [0.1, 0.15) is 0 Å². The highest BCUT2D eigenvalue weighted by molar-refractivity contribution is 5.78. The zero-order valence-electron chi connectivity index (χ0n) is 14.5. The number of carbonyl (C=O) groups excluding carboxylic acids is 1. The Balaban J connectivity index is 0.000000200. The lowest BCUT2D eigenvalue weighted by Gasteiger charge is -2.38. The van der Waals surface area contributed by atoms with E-state index in [4.69, 9.17) is 0 Å². The maximum atomic E-state index is 11.1. The van der Waals surface area contributed by atoms with E-state index >= 15 is 0 Å². The lowest BCUT2D eigenvalue weighted by molar-refractivity contribution is -0.131. The van der Waals surface area contributed by atoms with Crippen LogP contribution in [0.4, 0.5) is 0 Å². The molecule has 0 aromatic rings. The Morgan fingerprint density at radius 1 is 0.750 bits per heavy atom. The van der Waals surface area contributed by atoms with E-state index in [1.54, 1.807) is 0 Å². The monoisotopic (exact) mass is 282 g/mol. The third-order valence-corrected chi connectivity index (χ3v) is 4.19. The van der Waals surface area contributed by atoms with E-state index in [9.17, 15) is 4.79 Å². The highest BCUT2D eigenvalue weighted by Gasteiger charge is 2.29. The molecular weight excluding hydrogens is 248 g/mol. The Kier molecular flexibility index (Phi) is 6.06. The molecule has 0 saturated carbocycles. The second kappa shape index (κ2) is 6.93. The van der Waals surface area contributed by atoms with Crippen molar-refractivity contribution in [3.8, 4) is 0 Å². The molecule has 0 atom stereocenters. The van der Waals surface area contributed by atoms with Crippen molar-refractivity contribution >= 4 is 5.91 Å². The van der Waals surface area contributed by atoms with Gasteiger partial charge in [0.25, 0.3) is 0 Å². The Labute approximate surface area is 125 Å². The Morgan fingerprint density at radius 2 is 1.30 bits per heavy atom. The standard InChI is InChI=1S/C9H19N.C8H15NO/c1-9(2,3)10-7-5-4-6-8-10;1-8(2,3)9-6-4-5-7(9)10/h4-8H2,1-3H3;4-6H2,1-3H3. The van der Waals surface area contributed by atoms with Gasteiger partial charge in [0, 0.05) is 24.0 Å². The highest BCUT2D eigenvalue weighted by Crippen LogP contribution is 2.21. The van der Waals surface area contributed by atoms with Crippen LogP contribution in [0.3, 0.4) is 0 Å². The van der Waals surface area contributed by atoms with E-state index in [0.29, 0.717) is 11.4 Å². The van der Waals surface area contributed by atoms with E-state index in [-0.39, 0.29) is 5.54 Å². The number of likely N-dealkylation sites (tertiary alicyclic amines) is 2. The second-order valence-electron chi connectivity index (χ2n) is 8.04. The fraction of sp³-hybridized carbons (Fsp3) is 0.941. The first-order valence-electron chi connectivity index (χ1n) is 8.18. The Bertz CT molecular complexity index is 306. The molecule has 3 heteroatoms. The van der Waals surface area contributed by atoms with Crippen molar-refractivity contribution in [3.05, 3.63) is 0 Å². The topological polar surface area (TPSA) is 23.6 Å². The number of amides is 1. The minimum absolute atomic E-state index is 0.0353. The normalized spacial score (nSPS) is 21.7. The van der Waals surface area contributed by atoms with E-state index in [0.717, 1.165) is 19.4 Å². The lowest BCUT2D eigenvalue weighted by atomic mass is 10.0. The van der Waals surface area contributed by atoms with Gasteiger partial charge in [-0.3, -0.25) is 9.69 Å². The first-order chi connectivity index (χ1) is 9.12. The summed E-state index contributed by atoms with van der Waals surface area (Å²) in [5.41, 5.74) is 0.438. The number of nitrogens with zero attached hydrogens (tertiary/aromatic N) is 2. The molecular formula is C17H34N2O. The van der Waals surface area contributed by atoms with Gasteiger partial charge in [-0.05, 0) is 73.9 Å². The summed E-state index contributed by atoms with van der Waals surface area (Å²) in [4.78, 5) is 15.7. The number of rotatable bonds is 0. The highest BCUT2D eigenvalue weighted by atomic mass is 16.2. The first-order valence-corrected chi connectivity index (χ1v) is 8.18. The summed E-state index contributed by atoms with van der Waals surface area (Å²) in [6.45, 7) is 16.7. The molecule has 2 heterocycles.